The van der Waals surface area contributed by atoms with Crippen LogP contribution < -0.4 is 4.74 Å². The zero-order valence-electron chi connectivity index (χ0n) is 10.2. The standard InChI is InChI=1S/C13H12F2N2O2/c1-2-17-10(7-8-16-17)12(18)9-5-3-4-6-11(9)19-13(14)15/h3-8,13H,2H2,1H3. The van der Waals surface area contributed by atoms with Crippen molar-refractivity contribution in [1.82, 2.24) is 9.78 Å². The first kappa shape index (κ1) is 13.2. The van der Waals surface area contributed by atoms with Gasteiger partial charge >= 0.3 is 6.61 Å². The van der Waals surface area contributed by atoms with E-state index in [-0.39, 0.29) is 11.3 Å². The van der Waals surface area contributed by atoms with Crippen LogP contribution in [0.2, 0.25) is 0 Å². The number of ketones is 1. The number of rotatable bonds is 5. The van der Waals surface area contributed by atoms with Gasteiger partial charge in [-0.2, -0.15) is 13.9 Å². The van der Waals surface area contributed by atoms with Crippen LogP contribution in [0.5, 0.6) is 5.75 Å². The number of para-hydroxylation sites is 1. The highest BCUT2D eigenvalue weighted by atomic mass is 19.3. The number of carbonyl (C=O) groups excluding carboxylic acids is 1. The molecule has 19 heavy (non-hydrogen) atoms. The van der Waals surface area contributed by atoms with E-state index in [1.54, 1.807) is 12.1 Å². The van der Waals surface area contributed by atoms with Gasteiger partial charge in [-0.1, -0.05) is 12.1 Å². The molecule has 2 rings (SSSR count). The summed E-state index contributed by atoms with van der Waals surface area (Å²) in [4.78, 5) is 12.3. The molecule has 0 aliphatic rings. The summed E-state index contributed by atoms with van der Waals surface area (Å²) in [7, 11) is 0. The lowest BCUT2D eigenvalue weighted by Crippen LogP contribution is -2.13. The number of halogens is 2. The lowest BCUT2D eigenvalue weighted by Gasteiger charge is -2.10. The maximum absolute atomic E-state index is 12.3. The van der Waals surface area contributed by atoms with Crippen molar-refractivity contribution in [3.05, 3.63) is 47.8 Å². The molecular formula is C13H12F2N2O2. The van der Waals surface area contributed by atoms with Gasteiger partial charge in [0.25, 0.3) is 0 Å². The van der Waals surface area contributed by atoms with Crippen molar-refractivity contribution >= 4 is 5.78 Å². The molecule has 0 saturated heterocycles. The summed E-state index contributed by atoms with van der Waals surface area (Å²) < 4.78 is 30.5. The molecule has 1 aromatic heterocycles. The summed E-state index contributed by atoms with van der Waals surface area (Å²) in [5.74, 6) is -0.526. The molecule has 6 heteroatoms. The van der Waals surface area contributed by atoms with E-state index in [0.29, 0.717) is 12.2 Å². The van der Waals surface area contributed by atoms with Crippen molar-refractivity contribution in [2.24, 2.45) is 0 Å². The Hall–Kier alpha value is -2.24. The van der Waals surface area contributed by atoms with Crippen molar-refractivity contribution in [1.29, 1.82) is 0 Å². The van der Waals surface area contributed by atoms with Gasteiger partial charge in [-0.05, 0) is 25.1 Å². The summed E-state index contributed by atoms with van der Waals surface area (Å²) in [6.07, 6.45) is 1.49. The van der Waals surface area contributed by atoms with Crippen LogP contribution in [-0.4, -0.2) is 22.2 Å². The molecule has 1 aromatic carbocycles. The third-order valence-electron chi connectivity index (χ3n) is 2.60. The summed E-state index contributed by atoms with van der Waals surface area (Å²) in [5.41, 5.74) is 0.436. The summed E-state index contributed by atoms with van der Waals surface area (Å²) in [6, 6.07) is 7.47. The van der Waals surface area contributed by atoms with Crippen LogP contribution >= 0.6 is 0 Å². The molecule has 0 fully saturated rings. The first-order chi connectivity index (χ1) is 9.13. The van der Waals surface area contributed by atoms with E-state index in [0.717, 1.165) is 0 Å². The number of carbonyl (C=O) groups is 1. The summed E-state index contributed by atoms with van der Waals surface area (Å²) >= 11 is 0. The van der Waals surface area contributed by atoms with Crippen molar-refractivity contribution < 1.29 is 18.3 Å². The number of alkyl halides is 2. The minimum absolute atomic E-state index is 0.0954. The van der Waals surface area contributed by atoms with Crippen LogP contribution in [0.3, 0.4) is 0 Å². The normalized spacial score (nSPS) is 10.7. The van der Waals surface area contributed by atoms with E-state index in [1.807, 2.05) is 6.92 Å². The van der Waals surface area contributed by atoms with Gasteiger partial charge < -0.3 is 4.74 Å². The van der Waals surface area contributed by atoms with Crippen LogP contribution in [-0.2, 0) is 6.54 Å². The highest BCUT2D eigenvalue weighted by Gasteiger charge is 2.19. The second-order valence-corrected chi connectivity index (χ2v) is 3.74. The number of aryl methyl sites for hydroxylation is 1. The molecule has 0 atom stereocenters. The zero-order chi connectivity index (χ0) is 13.8. The fourth-order valence-corrected chi connectivity index (χ4v) is 1.77. The molecule has 0 N–H and O–H groups in total. The molecule has 0 aliphatic carbocycles. The Labute approximate surface area is 108 Å². The highest BCUT2D eigenvalue weighted by Crippen LogP contribution is 2.23. The van der Waals surface area contributed by atoms with Crippen molar-refractivity contribution in [3.8, 4) is 5.75 Å². The van der Waals surface area contributed by atoms with Crippen molar-refractivity contribution in [2.45, 2.75) is 20.1 Å². The van der Waals surface area contributed by atoms with E-state index < -0.39 is 12.4 Å². The van der Waals surface area contributed by atoms with E-state index >= 15 is 0 Å². The number of ether oxygens (including phenoxy) is 1. The second-order valence-electron chi connectivity index (χ2n) is 3.74. The molecule has 0 bridgehead atoms. The molecule has 0 spiro atoms. The van der Waals surface area contributed by atoms with Gasteiger partial charge in [-0.15, -0.1) is 0 Å². The third-order valence-corrected chi connectivity index (χ3v) is 2.60. The molecule has 1 heterocycles. The van der Waals surface area contributed by atoms with Gasteiger partial charge in [0.05, 0.1) is 5.56 Å². The molecule has 0 amide bonds. The Kier molecular flexibility index (Phi) is 3.89. The largest absolute Gasteiger partial charge is 0.434 e. The van der Waals surface area contributed by atoms with Crippen LogP contribution in [0.1, 0.15) is 23.0 Å². The molecule has 0 aliphatic heterocycles. The molecule has 0 saturated carbocycles. The maximum Gasteiger partial charge on any atom is 0.387 e. The van der Waals surface area contributed by atoms with Crippen LogP contribution in [0, 0.1) is 0 Å². The van der Waals surface area contributed by atoms with Gasteiger partial charge in [0.15, 0.2) is 0 Å². The van der Waals surface area contributed by atoms with Gasteiger partial charge in [-0.3, -0.25) is 9.48 Å². The predicted molar refractivity (Wildman–Crippen MR) is 64.4 cm³/mol. The average molecular weight is 266 g/mol. The van der Waals surface area contributed by atoms with Gasteiger partial charge in [0.1, 0.15) is 11.4 Å². The number of aromatic nitrogens is 2. The van der Waals surface area contributed by atoms with Crippen molar-refractivity contribution in [2.75, 3.05) is 0 Å². The molecule has 4 nitrogen and oxygen atoms in total. The summed E-state index contributed by atoms with van der Waals surface area (Å²) in [6.45, 7) is -0.609. The Balaban J connectivity index is 2.39. The quantitative estimate of drug-likeness (QED) is 0.781. The first-order valence-electron chi connectivity index (χ1n) is 5.73. The molecule has 0 radical (unpaired) electrons. The number of hydrogen-bond donors (Lipinski definition) is 0. The molecular weight excluding hydrogens is 254 g/mol. The Morgan fingerprint density at radius 3 is 2.79 bits per heavy atom. The summed E-state index contributed by atoms with van der Waals surface area (Å²) in [5, 5.41) is 3.98. The molecule has 2 aromatic rings. The van der Waals surface area contributed by atoms with Gasteiger partial charge in [-0.25, -0.2) is 0 Å². The number of hydrogen-bond acceptors (Lipinski definition) is 3. The highest BCUT2D eigenvalue weighted by molar-refractivity contribution is 6.09. The minimum Gasteiger partial charge on any atom is -0.434 e. The Morgan fingerprint density at radius 1 is 1.37 bits per heavy atom. The van der Waals surface area contributed by atoms with E-state index in [9.17, 15) is 13.6 Å². The number of nitrogens with zero attached hydrogens (tertiary/aromatic N) is 2. The lowest BCUT2D eigenvalue weighted by atomic mass is 10.1. The first-order valence-corrected chi connectivity index (χ1v) is 5.73. The van der Waals surface area contributed by atoms with Crippen LogP contribution in [0.25, 0.3) is 0 Å². The fraction of sp³-hybridized carbons (Fsp3) is 0.231. The third kappa shape index (κ3) is 2.78. The van der Waals surface area contributed by atoms with Crippen LogP contribution in [0.15, 0.2) is 36.5 Å². The Bertz CT molecular complexity index is 582. The monoisotopic (exact) mass is 266 g/mol. The van der Waals surface area contributed by atoms with E-state index in [4.69, 9.17) is 0 Å². The molecule has 100 valence electrons. The van der Waals surface area contributed by atoms with Gasteiger partial charge in [0.2, 0.25) is 5.78 Å². The SMILES string of the molecule is CCn1nccc1C(=O)c1ccccc1OC(F)F. The molecule has 0 unspecified atom stereocenters. The van der Waals surface area contributed by atoms with Gasteiger partial charge in [0, 0.05) is 12.7 Å². The van der Waals surface area contributed by atoms with Crippen LogP contribution in [0.4, 0.5) is 8.78 Å². The smallest absolute Gasteiger partial charge is 0.387 e. The van der Waals surface area contributed by atoms with E-state index in [1.165, 1.54) is 29.1 Å². The topological polar surface area (TPSA) is 44.1 Å². The predicted octanol–water partition coefficient (Wildman–Crippen LogP) is 2.74. The fourth-order valence-electron chi connectivity index (χ4n) is 1.77. The zero-order valence-corrected chi connectivity index (χ0v) is 10.2. The number of benzene rings is 1. The minimum atomic E-state index is -2.97. The van der Waals surface area contributed by atoms with Crippen molar-refractivity contribution in [3.63, 3.8) is 0 Å². The average Bonchev–Trinajstić information content (AvgIpc) is 2.86. The Morgan fingerprint density at radius 2 is 2.11 bits per heavy atom. The second kappa shape index (κ2) is 5.60. The maximum atomic E-state index is 12.3. The lowest BCUT2D eigenvalue weighted by molar-refractivity contribution is -0.0501. The van der Waals surface area contributed by atoms with E-state index in [2.05, 4.69) is 9.84 Å².